The van der Waals surface area contributed by atoms with Gasteiger partial charge in [0.15, 0.2) is 0 Å². The molecule has 0 spiro atoms. The maximum Gasteiger partial charge on any atom is 0.282 e. The smallest absolute Gasteiger partial charge is 0.282 e. The Morgan fingerprint density at radius 2 is 1.75 bits per heavy atom. The Morgan fingerprint density at radius 3 is 2.58 bits per heavy atom. The van der Waals surface area contributed by atoms with Gasteiger partial charge < -0.3 is 10.2 Å². The Balaban J connectivity index is 1.48. The van der Waals surface area contributed by atoms with Crippen LogP contribution in [0.4, 0.5) is 11.6 Å². The number of hydrogen-bond donors (Lipinski definition) is 1. The van der Waals surface area contributed by atoms with Crippen molar-refractivity contribution in [1.29, 1.82) is 0 Å². The fourth-order valence-electron chi connectivity index (χ4n) is 4.75. The van der Waals surface area contributed by atoms with Gasteiger partial charge in [-0.2, -0.15) is 9.78 Å². The maximum absolute atomic E-state index is 13.5. The predicted octanol–water partition coefficient (Wildman–Crippen LogP) is 4.88. The van der Waals surface area contributed by atoms with Crippen molar-refractivity contribution in [3.05, 3.63) is 106 Å². The van der Waals surface area contributed by atoms with E-state index < -0.39 is 0 Å². The van der Waals surface area contributed by atoms with Crippen molar-refractivity contribution >= 4 is 22.5 Å². The van der Waals surface area contributed by atoms with Crippen molar-refractivity contribution in [2.45, 2.75) is 19.9 Å². The van der Waals surface area contributed by atoms with Crippen molar-refractivity contribution in [3.8, 4) is 16.9 Å². The molecule has 1 aliphatic heterocycles. The molecule has 7 heteroatoms. The molecule has 5 aromatic rings. The molecule has 0 unspecified atom stereocenters. The number of benzene rings is 3. The zero-order chi connectivity index (χ0) is 24.6. The highest BCUT2D eigenvalue weighted by Gasteiger charge is 2.18. The van der Waals surface area contributed by atoms with Crippen LogP contribution in [-0.4, -0.2) is 38.2 Å². The predicted molar refractivity (Wildman–Crippen MR) is 143 cm³/mol. The van der Waals surface area contributed by atoms with Crippen LogP contribution in [-0.2, 0) is 13.0 Å². The second kappa shape index (κ2) is 9.02. The average molecular weight is 475 g/mol. The zero-order valence-corrected chi connectivity index (χ0v) is 20.3. The minimum atomic E-state index is -0.248. The van der Waals surface area contributed by atoms with Crippen molar-refractivity contribution in [1.82, 2.24) is 24.6 Å². The number of rotatable bonds is 4. The molecule has 0 radical (unpaired) electrons. The minimum absolute atomic E-state index is 0.248. The van der Waals surface area contributed by atoms with Gasteiger partial charge in [-0.05, 0) is 55.3 Å². The van der Waals surface area contributed by atoms with Crippen LogP contribution in [0.3, 0.4) is 0 Å². The quantitative estimate of drug-likeness (QED) is 0.400. The number of para-hydroxylation sites is 1. The van der Waals surface area contributed by atoms with Gasteiger partial charge in [0.2, 0.25) is 5.95 Å². The molecule has 0 aliphatic carbocycles. The van der Waals surface area contributed by atoms with E-state index in [1.807, 2.05) is 61.5 Å². The summed E-state index contributed by atoms with van der Waals surface area (Å²) in [5, 5.41) is 8.55. The highest BCUT2D eigenvalue weighted by molar-refractivity contribution is 5.91. The first kappa shape index (κ1) is 22.1. The molecule has 0 saturated heterocycles. The molecule has 0 saturated carbocycles. The van der Waals surface area contributed by atoms with E-state index in [0.717, 1.165) is 42.0 Å². The summed E-state index contributed by atoms with van der Waals surface area (Å²) in [6.45, 7) is 3.96. The van der Waals surface area contributed by atoms with E-state index in [0.29, 0.717) is 22.5 Å². The van der Waals surface area contributed by atoms with Crippen LogP contribution in [0.1, 0.15) is 16.7 Å². The van der Waals surface area contributed by atoms with E-state index in [2.05, 4.69) is 40.4 Å². The lowest BCUT2D eigenvalue weighted by molar-refractivity contribution is 0.313. The van der Waals surface area contributed by atoms with E-state index in [1.165, 1.54) is 15.8 Å². The molecule has 36 heavy (non-hydrogen) atoms. The summed E-state index contributed by atoms with van der Waals surface area (Å²) in [6.07, 6.45) is 2.65. The van der Waals surface area contributed by atoms with Gasteiger partial charge in [-0.15, -0.1) is 0 Å². The number of hydrogen-bond acceptors (Lipinski definition) is 6. The molecule has 2 aromatic heterocycles. The van der Waals surface area contributed by atoms with Gasteiger partial charge in [0.1, 0.15) is 11.2 Å². The third kappa shape index (κ3) is 4.03. The van der Waals surface area contributed by atoms with E-state index >= 15 is 0 Å². The fraction of sp³-hybridized carbons (Fsp3) is 0.172. The number of aryl methyl sites for hydroxylation is 1. The summed E-state index contributed by atoms with van der Waals surface area (Å²) in [5.74, 6) is 0.429. The molecule has 6 rings (SSSR count). The SMILES string of the molecule is Cc1ccccc1-n1nc(-c2ccccc2)c2nc(Nc3ccc4c(c3)CN(C)CC4)ncc2c1=O. The highest BCUT2D eigenvalue weighted by atomic mass is 16.1. The first-order valence-electron chi connectivity index (χ1n) is 12.1. The second-order valence-electron chi connectivity index (χ2n) is 9.27. The number of likely N-dealkylation sites (N-methyl/N-ethyl adjacent to an activating group) is 1. The summed E-state index contributed by atoms with van der Waals surface area (Å²) >= 11 is 0. The molecular weight excluding hydrogens is 448 g/mol. The topological polar surface area (TPSA) is 75.9 Å². The summed E-state index contributed by atoms with van der Waals surface area (Å²) in [4.78, 5) is 25.1. The number of nitrogens with zero attached hydrogens (tertiary/aromatic N) is 5. The molecule has 3 heterocycles. The Morgan fingerprint density at radius 1 is 0.944 bits per heavy atom. The highest BCUT2D eigenvalue weighted by Crippen LogP contribution is 2.27. The second-order valence-corrected chi connectivity index (χ2v) is 9.27. The maximum atomic E-state index is 13.5. The first-order valence-corrected chi connectivity index (χ1v) is 12.1. The van der Waals surface area contributed by atoms with E-state index in [-0.39, 0.29) is 5.56 Å². The van der Waals surface area contributed by atoms with Gasteiger partial charge >= 0.3 is 0 Å². The Bertz CT molecular complexity index is 1640. The van der Waals surface area contributed by atoms with E-state index in [4.69, 9.17) is 10.1 Å². The Labute approximate surface area is 209 Å². The molecule has 178 valence electrons. The average Bonchev–Trinajstić information content (AvgIpc) is 2.90. The molecule has 0 amide bonds. The number of aromatic nitrogens is 4. The number of anilines is 2. The van der Waals surface area contributed by atoms with Crippen molar-refractivity contribution in [2.24, 2.45) is 0 Å². The molecule has 0 atom stereocenters. The van der Waals surface area contributed by atoms with Gasteiger partial charge in [0, 0.05) is 30.5 Å². The molecule has 1 N–H and O–H groups in total. The molecule has 3 aromatic carbocycles. The summed E-state index contributed by atoms with van der Waals surface area (Å²) in [7, 11) is 2.14. The normalized spacial score (nSPS) is 13.5. The lowest BCUT2D eigenvalue weighted by Gasteiger charge is -2.25. The van der Waals surface area contributed by atoms with Gasteiger partial charge in [-0.1, -0.05) is 54.6 Å². The molecule has 0 bridgehead atoms. The van der Waals surface area contributed by atoms with Crippen LogP contribution in [0, 0.1) is 6.92 Å². The van der Waals surface area contributed by atoms with Crippen molar-refractivity contribution in [3.63, 3.8) is 0 Å². The van der Waals surface area contributed by atoms with Crippen LogP contribution in [0.25, 0.3) is 27.8 Å². The fourth-order valence-corrected chi connectivity index (χ4v) is 4.75. The minimum Gasteiger partial charge on any atom is -0.324 e. The van der Waals surface area contributed by atoms with Crippen LogP contribution in [0.2, 0.25) is 0 Å². The van der Waals surface area contributed by atoms with Gasteiger partial charge in [-0.25, -0.2) is 9.97 Å². The number of fused-ring (bicyclic) bond motifs is 2. The van der Waals surface area contributed by atoms with Crippen LogP contribution in [0.15, 0.2) is 83.8 Å². The zero-order valence-electron chi connectivity index (χ0n) is 20.3. The monoisotopic (exact) mass is 474 g/mol. The summed E-state index contributed by atoms with van der Waals surface area (Å²) in [5.41, 5.74) is 7.09. The van der Waals surface area contributed by atoms with Crippen molar-refractivity contribution in [2.75, 3.05) is 18.9 Å². The Hall–Kier alpha value is -4.36. The largest absolute Gasteiger partial charge is 0.324 e. The van der Waals surface area contributed by atoms with Crippen LogP contribution < -0.4 is 10.9 Å². The lowest BCUT2D eigenvalue weighted by Crippen LogP contribution is -2.26. The van der Waals surface area contributed by atoms with Gasteiger partial charge in [0.25, 0.3) is 5.56 Å². The Kier molecular flexibility index (Phi) is 5.54. The van der Waals surface area contributed by atoms with Crippen molar-refractivity contribution < 1.29 is 0 Å². The molecular formula is C29H26N6O. The van der Waals surface area contributed by atoms with Gasteiger partial charge in [-0.3, -0.25) is 4.79 Å². The standard InChI is InChI=1S/C29H26N6O/c1-19-8-6-7-11-25(19)35-28(36)24-17-30-29(32-27(24)26(33-35)21-9-4-3-5-10-21)31-23-13-12-20-14-15-34(2)18-22(20)16-23/h3-13,16-17H,14-15,18H2,1-2H3,(H,30,31,32). The van der Waals surface area contributed by atoms with Crippen LogP contribution >= 0.6 is 0 Å². The molecule has 0 fully saturated rings. The number of nitrogens with one attached hydrogen (secondary N) is 1. The van der Waals surface area contributed by atoms with Gasteiger partial charge in [0.05, 0.1) is 11.1 Å². The first-order chi connectivity index (χ1) is 17.6. The van der Waals surface area contributed by atoms with Crippen LogP contribution in [0.5, 0.6) is 0 Å². The summed E-state index contributed by atoms with van der Waals surface area (Å²) in [6, 6.07) is 23.9. The molecule has 7 nitrogen and oxygen atoms in total. The summed E-state index contributed by atoms with van der Waals surface area (Å²) < 4.78 is 1.45. The third-order valence-corrected chi connectivity index (χ3v) is 6.69. The third-order valence-electron chi connectivity index (χ3n) is 6.69. The lowest BCUT2D eigenvalue weighted by atomic mass is 9.99. The van der Waals surface area contributed by atoms with E-state index in [1.54, 1.807) is 6.20 Å². The molecule has 1 aliphatic rings. The van der Waals surface area contributed by atoms with E-state index in [9.17, 15) is 4.79 Å².